The summed E-state index contributed by atoms with van der Waals surface area (Å²) in [7, 11) is 0. The number of likely N-dealkylation sites (tertiary alicyclic amines) is 1. The summed E-state index contributed by atoms with van der Waals surface area (Å²) < 4.78 is 5.11. The second-order valence-electron chi connectivity index (χ2n) is 7.72. The van der Waals surface area contributed by atoms with Gasteiger partial charge >= 0.3 is 5.97 Å². The van der Waals surface area contributed by atoms with Gasteiger partial charge in [-0.2, -0.15) is 0 Å². The van der Waals surface area contributed by atoms with E-state index in [9.17, 15) is 9.59 Å². The molecule has 2 aliphatic heterocycles. The molecule has 7 nitrogen and oxygen atoms in total. The molecule has 9 heteroatoms. The molecule has 1 amide bonds. The van der Waals surface area contributed by atoms with E-state index in [1.807, 2.05) is 0 Å². The zero-order chi connectivity index (χ0) is 20.8. The number of amides is 1. The molecule has 2 fully saturated rings. The number of rotatable bonds is 6. The third-order valence-electron chi connectivity index (χ3n) is 5.49. The Balaban J connectivity index is 1.56. The quantitative estimate of drug-likeness (QED) is 0.291. The molecular weight excluding hydrogens is 412 g/mol. The van der Waals surface area contributed by atoms with E-state index in [1.54, 1.807) is 17.9 Å². The monoisotopic (exact) mass is 440 g/mol. The molecule has 2 saturated heterocycles. The molecular formula is C20H29ClN4O3S. The molecule has 160 valence electrons. The summed E-state index contributed by atoms with van der Waals surface area (Å²) in [5, 5.41) is 0.905. The van der Waals surface area contributed by atoms with E-state index in [-0.39, 0.29) is 23.5 Å². The number of hydrogen-bond acceptors (Lipinski definition) is 7. The number of piperidine rings is 2. The van der Waals surface area contributed by atoms with Crippen LogP contribution in [0.1, 0.15) is 39.5 Å². The summed E-state index contributed by atoms with van der Waals surface area (Å²) in [6.07, 6.45) is 3.86. The Morgan fingerprint density at radius 1 is 1.24 bits per heavy atom. The summed E-state index contributed by atoms with van der Waals surface area (Å²) in [6, 6.07) is 1.79. The van der Waals surface area contributed by atoms with E-state index in [0.717, 1.165) is 50.5 Å². The minimum Gasteiger partial charge on any atom is -0.466 e. The van der Waals surface area contributed by atoms with Gasteiger partial charge in [0.2, 0.25) is 5.91 Å². The van der Waals surface area contributed by atoms with E-state index in [2.05, 4.69) is 21.8 Å². The number of ether oxygens (including phenoxy) is 1. The first kappa shape index (κ1) is 22.2. The lowest BCUT2D eigenvalue weighted by Crippen LogP contribution is -2.43. The van der Waals surface area contributed by atoms with Crippen LogP contribution in [0.3, 0.4) is 0 Å². The van der Waals surface area contributed by atoms with Gasteiger partial charge in [0, 0.05) is 32.2 Å². The standard InChI is InChI=1S/C20H29ClN4O3S/c1-3-28-19(27)15-5-4-8-25(12-15)18(26)13-29-20-22-16(21)11-17(23-20)24-9-6-14(2)7-10-24/h11,14-15H,3-10,12-13H2,1-2H3. The number of carbonyl (C=O) groups is 2. The number of hydrogen-bond donors (Lipinski definition) is 0. The maximum Gasteiger partial charge on any atom is 0.310 e. The molecule has 1 aromatic rings. The molecule has 1 aromatic heterocycles. The summed E-state index contributed by atoms with van der Waals surface area (Å²) >= 11 is 7.50. The molecule has 3 rings (SSSR count). The highest BCUT2D eigenvalue weighted by atomic mass is 35.5. The number of esters is 1. The number of thioether (sulfide) groups is 1. The summed E-state index contributed by atoms with van der Waals surface area (Å²) in [5.74, 6) is 1.34. The van der Waals surface area contributed by atoms with Gasteiger partial charge in [-0.1, -0.05) is 30.3 Å². The van der Waals surface area contributed by atoms with E-state index in [0.29, 0.717) is 30.0 Å². The van der Waals surface area contributed by atoms with Gasteiger partial charge in [-0.25, -0.2) is 9.97 Å². The minimum absolute atomic E-state index is 0.0130. The molecule has 2 aliphatic rings. The highest BCUT2D eigenvalue weighted by molar-refractivity contribution is 7.99. The number of aromatic nitrogens is 2. The van der Waals surface area contributed by atoms with Crippen molar-refractivity contribution in [2.75, 3.05) is 43.4 Å². The van der Waals surface area contributed by atoms with Crippen molar-refractivity contribution >= 4 is 41.1 Å². The average Bonchev–Trinajstić information content (AvgIpc) is 2.72. The molecule has 0 spiro atoms. The van der Waals surface area contributed by atoms with Crippen molar-refractivity contribution in [2.24, 2.45) is 11.8 Å². The van der Waals surface area contributed by atoms with E-state index in [1.165, 1.54) is 11.8 Å². The zero-order valence-electron chi connectivity index (χ0n) is 17.1. The van der Waals surface area contributed by atoms with Crippen LogP contribution >= 0.6 is 23.4 Å². The van der Waals surface area contributed by atoms with Crippen LogP contribution in [0.25, 0.3) is 0 Å². The van der Waals surface area contributed by atoms with Crippen LogP contribution in [-0.2, 0) is 14.3 Å². The molecule has 0 saturated carbocycles. The third-order valence-corrected chi connectivity index (χ3v) is 6.51. The van der Waals surface area contributed by atoms with Crippen molar-refractivity contribution in [1.82, 2.24) is 14.9 Å². The van der Waals surface area contributed by atoms with Crippen molar-refractivity contribution in [1.29, 1.82) is 0 Å². The lowest BCUT2D eigenvalue weighted by atomic mass is 9.98. The largest absolute Gasteiger partial charge is 0.466 e. The van der Waals surface area contributed by atoms with Crippen LogP contribution in [0, 0.1) is 11.8 Å². The van der Waals surface area contributed by atoms with Gasteiger partial charge in [0.15, 0.2) is 5.16 Å². The van der Waals surface area contributed by atoms with Gasteiger partial charge in [0.1, 0.15) is 11.0 Å². The lowest BCUT2D eigenvalue weighted by Gasteiger charge is -2.32. The van der Waals surface area contributed by atoms with Gasteiger partial charge < -0.3 is 14.5 Å². The Bertz CT molecular complexity index is 728. The SMILES string of the molecule is CCOC(=O)C1CCCN(C(=O)CSc2nc(Cl)cc(N3CCC(C)CC3)n2)C1. The smallest absolute Gasteiger partial charge is 0.310 e. The molecule has 0 aromatic carbocycles. The van der Waals surface area contributed by atoms with Gasteiger partial charge in [-0.05, 0) is 38.5 Å². The predicted molar refractivity (Wildman–Crippen MR) is 114 cm³/mol. The Morgan fingerprint density at radius 2 is 2.00 bits per heavy atom. The predicted octanol–water partition coefficient (Wildman–Crippen LogP) is 3.26. The summed E-state index contributed by atoms with van der Waals surface area (Å²) in [6.45, 7) is 7.44. The fourth-order valence-corrected chi connectivity index (χ4v) is 4.71. The number of carbonyl (C=O) groups excluding carboxylic acids is 2. The van der Waals surface area contributed by atoms with Crippen molar-refractivity contribution in [3.8, 4) is 0 Å². The second kappa shape index (κ2) is 10.5. The van der Waals surface area contributed by atoms with Crippen LogP contribution in [0.2, 0.25) is 5.15 Å². The average molecular weight is 441 g/mol. The van der Waals surface area contributed by atoms with Crippen LogP contribution < -0.4 is 4.90 Å². The Labute approximate surface area is 181 Å². The molecule has 1 atom stereocenters. The molecule has 0 aliphatic carbocycles. The topological polar surface area (TPSA) is 75.6 Å². The summed E-state index contributed by atoms with van der Waals surface area (Å²) in [4.78, 5) is 37.5. The van der Waals surface area contributed by atoms with Gasteiger partial charge in [0.05, 0.1) is 18.3 Å². The van der Waals surface area contributed by atoms with Crippen LogP contribution in [0.4, 0.5) is 5.82 Å². The van der Waals surface area contributed by atoms with Crippen molar-refractivity contribution in [2.45, 2.75) is 44.7 Å². The molecule has 0 bridgehead atoms. The molecule has 1 unspecified atom stereocenters. The van der Waals surface area contributed by atoms with Gasteiger partial charge in [0.25, 0.3) is 0 Å². The van der Waals surface area contributed by atoms with Gasteiger partial charge in [-0.3, -0.25) is 9.59 Å². The van der Waals surface area contributed by atoms with E-state index >= 15 is 0 Å². The lowest BCUT2D eigenvalue weighted by molar-refractivity contribution is -0.151. The first-order valence-corrected chi connectivity index (χ1v) is 11.7. The molecule has 0 N–H and O–H groups in total. The van der Waals surface area contributed by atoms with Crippen LogP contribution in [0.15, 0.2) is 11.2 Å². The summed E-state index contributed by atoms with van der Waals surface area (Å²) in [5.41, 5.74) is 0. The van der Waals surface area contributed by atoms with Gasteiger partial charge in [-0.15, -0.1) is 0 Å². The van der Waals surface area contributed by atoms with Crippen LogP contribution in [-0.4, -0.2) is 65.3 Å². The Morgan fingerprint density at radius 3 is 2.72 bits per heavy atom. The van der Waals surface area contributed by atoms with Crippen LogP contribution in [0.5, 0.6) is 0 Å². The fraction of sp³-hybridized carbons (Fsp3) is 0.700. The molecule has 0 radical (unpaired) electrons. The number of anilines is 1. The third kappa shape index (κ3) is 6.22. The van der Waals surface area contributed by atoms with Crippen molar-refractivity contribution in [3.05, 3.63) is 11.2 Å². The fourth-order valence-electron chi connectivity index (χ4n) is 3.72. The van der Waals surface area contributed by atoms with Crippen molar-refractivity contribution in [3.63, 3.8) is 0 Å². The number of nitrogens with zero attached hydrogens (tertiary/aromatic N) is 4. The highest BCUT2D eigenvalue weighted by Crippen LogP contribution is 2.26. The zero-order valence-corrected chi connectivity index (χ0v) is 18.7. The normalized spacial score (nSPS) is 20.6. The molecule has 29 heavy (non-hydrogen) atoms. The number of halogens is 1. The molecule has 3 heterocycles. The van der Waals surface area contributed by atoms with E-state index < -0.39 is 0 Å². The van der Waals surface area contributed by atoms with E-state index in [4.69, 9.17) is 16.3 Å². The maximum atomic E-state index is 12.7. The minimum atomic E-state index is -0.229. The highest BCUT2D eigenvalue weighted by Gasteiger charge is 2.29. The second-order valence-corrected chi connectivity index (χ2v) is 9.05. The first-order chi connectivity index (χ1) is 14.0. The Hall–Kier alpha value is -1.54. The maximum absolute atomic E-state index is 12.7. The van der Waals surface area contributed by atoms with Crippen molar-refractivity contribution < 1.29 is 14.3 Å². The first-order valence-electron chi connectivity index (χ1n) is 10.3. The Kier molecular flexibility index (Phi) is 8.00.